The van der Waals surface area contributed by atoms with Crippen LogP contribution in [0.2, 0.25) is 0 Å². The number of aromatic nitrogens is 1. The molecule has 2 amide bonds. The Hall–Kier alpha value is -4.37. The predicted molar refractivity (Wildman–Crippen MR) is 121 cm³/mol. The molecule has 1 heterocycles. The second-order valence-electron chi connectivity index (χ2n) is 6.64. The monoisotopic (exact) mass is 444 g/mol. The highest BCUT2D eigenvalue weighted by molar-refractivity contribution is 7.17. The first-order chi connectivity index (χ1) is 15.5. The zero-order valence-corrected chi connectivity index (χ0v) is 17.3. The van der Waals surface area contributed by atoms with Gasteiger partial charge in [-0.1, -0.05) is 60.7 Å². The van der Waals surface area contributed by atoms with E-state index in [1.807, 2.05) is 60.7 Å². The van der Waals surface area contributed by atoms with Gasteiger partial charge in [0.05, 0.1) is 10.6 Å². The number of carbonyl (C=O) groups is 2. The maximum atomic E-state index is 12.9. The Balaban J connectivity index is 1.56. The third-order valence-electron chi connectivity index (χ3n) is 4.53. The predicted octanol–water partition coefficient (Wildman–Crippen LogP) is 4.46. The van der Waals surface area contributed by atoms with E-state index in [-0.39, 0.29) is 11.3 Å². The molecule has 1 aromatic heterocycles. The van der Waals surface area contributed by atoms with E-state index in [1.165, 1.54) is 35.6 Å². The van der Waals surface area contributed by atoms with Gasteiger partial charge >= 0.3 is 0 Å². The Morgan fingerprint density at radius 3 is 1.94 bits per heavy atom. The van der Waals surface area contributed by atoms with Crippen LogP contribution in [0, 0.1) is 10.1 Å². The van der Waals surface area contributed by atoms with Crippen LogP contribution in [-0.2, 0) is 0 Å². The molecule has 32 heavy (non-hydrogen) atoms. The molecule has 0 saturated carbocycles. The lowest BCUT2D eigenvalue weighted by atomic mass is 10.1. The lowest BCUT2D eigenvalue weighted by Crippen LogP contribution is -2.41. The van der Waals surface area contributed by atoms with Crippen molar-refractivity contribution in [3.8, 4) is 21.8 Å². The van der Waals surface area contributed by atoms with Gasteiger partial charge in [-0.05, 0) is 12.1 Å². The van der Waals surface area contributed by atoms with Gasteiger partial charge in [0.2, 0.25) is 0 Å². The molecule has 4 aromatic rings. The van der Waals surface area contributed by atoms with Crippen molar-refractivity contribution in [2.24, 2.45) is 0 Å². The summed E-state index contributed by atoms with van der Waals surface area (Å²) in [6, 6.07) is 23.9. The summed E-state index contributed by atoms with van der Waals surface area (Å²) in [5.41, 5.74) is 6.96. The van der Waals surface area contributed by atoms with Gasteiger partial charge in [0.25, 0.3) is 17.5 Å². The zero-order chi connectivity index (χ0) is 22.5. The van der Waals surface area contributed by atoms with E-state index in [0.29, 0.717) is 15.6 Å². The summed E-state index contributed by atoms with van der Waals surface area (Å²) in [5.74, 6) is -1.11. The molecule has 0 aliphatic rings. The number of carbonyl (C=O) groups excluding carboxylic acids is 2. The first kappa shape index (κ1) is 20.9. The number of nitro groups is 1. The first-order valence-electron chi connectivity index (χ1n) is 9.50. The van der Waals surface area contributed by atoms with Crippen molar-refractivity contribution < 1.29 is 14.5 Å². The minimum Gasteiger partial charge on any atom is -0.267 e. The van der Waals surface area contributed by atoms with Crippen molar-refractivity contribution >= 4 is 28.8 Å². The summed E-state index contributed by atoms with van der Waals surface area (Å²) >= 11 is 1.22. The van der Waals surface area contributed by atoms with Crippen LogP contribution in [0.1, 0.15) is 20.0 Å². The molecule has 158 valence electrons. The van der Waals surface area contributed by atoms with Gasteiger partial charge in [-0.2, -0.15) is 0 Å². The molecule has 0 saturated heterocycles. The number of thiazole rings is 1. The number of non-ortho nitro benzene ring substituents is 1. The van der Waals surface area contributed by atoms with Crippen LogP contribution in [0.4, 0.5) is 5.69 Å². The number of benzene rings is 3. The maximum absolute atomic E-state index is 12.9. The molecule has 0 spiro atoms. The molecule has 0 aliphatic carbocycles. The first-order valence-corrected chi connectivity index (χ1v) is 10.3. The summed E-state index contributed by atoms with van der Waals surface area (Å²) in [5, 5.41) is 11.4. The van der Waals surface area contributed by atoms with Crippen molar-refractivity contribution in [1.82, 2.24) is 15.8 Å². The van der Waals surface area contributed by atoms with Crippen LogP contribution >= 0.6 is 11.3 Å². The molecular formula is C23H16N4O4S. The third kappa shape index (κ3) is 4.52. The molecule has 4 rings (SSSR count). The average Bonchev–Trinajstić information content (AvgIpc) is 3.29. The average molecular weight is 444 g/mol. The highest BCUT2D eigenvalue weighted by Crippen LogP contribution is 2.33. The van der Waals surface area contributed by atoms with Crippen molar-refractivity contribution in [2.45, 2.75) is 0 Å². The quantitative estimate of drug-likeness (QED) is 0.348. The summed E-state index contributed by atoms with van der Waals surface area (Å²) in [7, 11) is 0. The van der Waals surface area contributed by atoms with E-state index in [4.69, 9.17) is 0 Å². The highest BCUT2D eigenvalue weighted by Gasteiger charge is 2.21. The van der Waals surface area contributed by atoms with Crippen LogP contribution < -0.4 is 10.9 Å². The number of nitrogens with one attached hydrogen (secondary N) is 2. The fraction of sp³-hybridized carbons (Fsp3) is 0. The lowest BCUT2D eigenvalue weighted by molar-refractivity contribution is -0.384. The Bertz CT molecular complexity index is 1270. The standard InChI is InChI=1S/C23H16N4O4S/c28-21(16-11-13-18(14-12-16)27(30)31)25-26-22(29)20-19(15-7-3-1-4-8-15)24-23(32-20)17-9-5-2-6-10-17/h1-14H,(H,25,28)(H,26,29). The van der Waals surface area contributed by atoms with E-state index in [2.05, 4.69) is 15.8 Å². The zero-order valence-electron chi connectivity index (χ0n) is 16.5. The van der Waals surface area contributed by atoms with E-state index in [1.54, 1.807) is 0 Å². The number of amides is 2. The lowest BCUT2D eigenvalue weighted by Gasteiger charge is -2.07. The number of rotatable bonds is 5. The number of hydrogen-bond acceptors (Lipinski definition) is 6. The minimum absolute atomic E-state index is 0.129. The Morgan fingerprint density at radius 2 is 1.34 bits per heavy atom. The fourth-order valence-electron chi connectivity index (χ4n) is 2.95. The van der Waals surface area contributed by atoms with Gasteiger partial charge in [0, 0.05) is 28.8 Å². The van der Waals surface area contributed by atoms with E-state index in [9.17, 15) is 19.7 Å². The third-order valence-corrected chi connectivity index (χ3v) is 5.63. The molecule has 0 bridgehead atoms. The largest absolute Gasteiger partial charge is 0.282 e. The second-order valence-corrected chi connectivity index (χ2v) is 7.64. The van der Waals surface area contributed by atoms with Crippen molar-refractivity contribution in [3.63, 3.8) is 0 Å². The molecule has 9 heteroatoms. The molecule has 0 atom stereocenters. The van der Waals surface area contributed by atoms with Gasteiger partial charge in [0.1, 0.15) is 9.88 Å². The molecule has 2 N–H and O–H groups in total. The topological polar surface area (TPSA) is 114 Å². The van der Waals surface area contributed by atoms with Gasteiger partial charge in [0.15, 0.2) is 0 Å². The van der Waals surface area contributed by atoms with Crippen LogP contribution in [0.25, 0.3) is 21.8 Å². The molecule has 0 aliphatic heterocycles. The Kier molecular flexibility index (Phi) is 6.00. The Morgan fingerprint density at radius 1 is 0.781 bits per heavy atom. The number of nitro benzene ring substituents is 1. The van der Waals surface area contributed by atoms with Crippen molar-refractivity contribution in [1.29, 1.82) is 0 Å². The highest BCUT2D eigenvalue weighted by atomic mass is 32.1. The summed E-state index contributed by atoms with van der Waals surface area (Å²) < 4.78 is 0. The molecular weight excluding hydrogens is 428 g/mol. The van der Waals surface area contributed by atoms with Gasteiger partial charge in [-0.3, -0.25) is 30.6 Å². The van der Waals surface area contributed by atoms with E-state index >= 15 is 0 Å². The van der Waals surface area contributed by atoms with Crippen LogP contribution in [0.3, 0.4) is 0 Å². The number of hydrogen-bond donors (Lipinski definition) is 2. The molecule has 0 unspecified atom stereocenters. The summed E-state index contributed by atoms with van der Waals surface area (Å²) in [6.45, 7) is 0. The van der Waals surface area contributed by atoms with Crippen LogP contribution in [-0.4, -0.2) is 21.7 Å². The van der Waals surface area contributed by atoms with E-state index < -0.39 is 16.7 Å². The number of nitrogens with zero attached hydrogens (tertiary/aromatic N) is 2. The van der Waals surface area contributed by atoms with E-state index in [0.717, 1.165) is 11.1 Å². The molecule has 3 aromatic carbocycles. The van der Waals surface area contributed by atoms with Gasteiger partial charge in [-0.25, -0.2) is 4.98 Å². The smallest absolute Gasteiger partial charge is 0.267 e. The number of hydrazine groups is 1. The van der Waals surface area contributed by atoms with Crippen molar-refractivity contribution in [2.75, 3.05) is 0 Å². The molecule has 0 fully saturated rings. The van der Waals surface area contributed by atoms with Crippen LogP contribution in [0.15, 0.2) is 84.9 Å². The SMILES string of the molecule is O=C(NNC(=O)c1sc(-c2ccccc2)nc1-c1ccccc1)c1ccc([N+](=O)[O-])cc1. The van der Waals surface area contributed by atoms with Gasteiger partial charge in [-0.15, -0.1) is 11.3 Å². The molecule has 0 radical (unpaired) electrons. The molecule has 8 nitrogen and oxygen atoms in total. The fourth-order valence-corrected chi connectivity index (χ4v) is 3.94. The normalized spacial score (nSPS) is 10.4. The van der Waals surface area contributed by atoms with Crippen LogP contribution in [0.5, 0.6) is 0 Å². The summed E-state index contributed by atoms with van der Waals surface area (Å²) in [4.78, 5) is 40.5. The second kappa shape index (κ2) is 9.19. The maximum Gasteiger partial charge on any atom is 0.282 e. The minimum atomic E-state index is -0.595. The Labute approximate surface area is 186 Å². The van der Waals surface area contributed by atoms with Crippen molar-refractivity contribution in [3.05, 3.63) is 105 Å². The van der Waals surface area contributed by atoms with Gasteiger partial charge < -0.3 is 0 Å². The summed E-state index contributed by atoms with van der Waals surface area (Å²) in [6.07, 6.45) is 0.